The lowest BCUT2D eigenvalue weighted by molar-refractivity contribution is -0.117. The molecule has 3 aromatic rings. The van der Waals surface area contributed by atoms with Gasteiger partial charge in [-0.3, -0.25) is 9.52 Å². The van der Waals surface area contributed by atoms with Crippen molar-refractivity contribution in [2.45, 2.75) is 17.7 Å². The van der Waals surface area contributed by atoms with Crippen LogP contribution in [-0.2, 0) is 14.8 Å². The molecule has 4 rings (SSSR count). The highest BCUT2D eigenvalue weighted by Crippen LogP contribution is 2.27. The molecule has 7 heteroatoms. The minimum absolute atomic E-state index is 0.0602. The number of carbonyl (C=O) groups is 1. The molecule has 6 nitrogen and oxygen atoms in total. The molecule has 1 saturated heterocycles. The maximum absolute atomic E-state index is 12.8. The lowest BCUT2D eigenvalue weighted by atomic mass is 10.1. The summed E-state index contributed by atoms with van der Waals surface area (Å²) in [6.45, 7) is 0.656. The van der Waals surface area contributed by atoms with Crippen LogP contribution in [-0.4, -0.2) is 28.0 Å². The molecular weight excluding hydrogens is 376 g/mol. The first-order chi connectivity index (χ1) is 13.5. The number of methoxy groups -OCH3 is 1. The number of nitrogens with one attached hydrogen (secondary N) is 1. The SMILES string of the molecule is COc1ccc2cc(S(=O)(=O)Nc3cccc(N4CCCC4=O)c3)ccc2c1. The van der Waals surface area contributed by atoms with Crippen LogP contribution in [0.3, 0.4) is 0 Å². The third-order valence-electron chi connectivity index (χ3n) is 4.81. The molecule has 0 bridgehead atoms. The Morgan fingerprint density at radius 3 is 2.54 bits per heavy atom. The van der Waals surface area contributed by atoms with Gasteiger partial charge in [0.05, 0.1) is 17.7 Å². The molecule has 0 atom stereocenters. The van der Waals surface area contributed by atoms with E-state index < -0.39 is 10.0 Å². The van der Waals surface area contributed by atoms with Crippen molar-refractivity contribution in [2.75, 3.05) is 23.3 Å². The molecule has 28 heavy (non-hydrogen) atoms. The van der Waals surface area contributed by atoms with Gasteiger partial charge in [0.25, 0.3) is 10.0 Å². The van der Waals surface area contributed by atoms with Crippen LogP contribution in [0.15, 0.2) is 65.6 Å². The Balaban J connectivity index is 1.62. The highest BCUT2D eigenvalue weighted by Gasteiger charge is 2.22. The maximum atomic E-state index is 12.8. The lowest BCUT2D eigenvalue weighted by Crippen LogP contribution is -2.23. The minimum atomic E-state index is -3.76. The van der Waals surface area contributed by atoms with Crippen molar-refractivity contribution in [1.82, 2.24) is 0 Å². The summed E-state index contributed by atoms with van der Waals surface area (Å²) in [5.74, 6) is 0.777. The van der Waals surface area contributed by atoms with Gasteiger partial charge < -0.3 is 9.64 Å². The zero-order valence-electron chi connectivity index (χ0n) is 15.4. The van der Waals surface area contributed by atoms with Crippen LogP contribution in [0.25, 0.3) is 10.8 Å². The van der Waals surface area contributed by atoms with Crippen molar-refractivity contribution in [2.24, 2.45) is 0 Å². The van der Waals surface area contributed by atoms with Gasteiger partial charge in [0, 0.05) is 18.7 Å². The quantitative estimate of drug-likeness (QED) is 0.712. The molecule has 1 aliphatic heterocycles. The first kappa shape index (κ1) is 18.3. The number of rotatable bonds is 5. The number of fused-ring (bicyclic) bond motifs is 1. The zero-order chi connectivity index (χ0) is 19.7. The smallest absolute Gasteiger partial charge is 0.261 e. The third-order valence-corrected chi connectivity index (χ3v) is 6.19. The molecule has 0 unspecified atom stereocenters. The van der Waals surface area contributed by atoms with Crippen molar-refractivity contribution >= 4 is 38.1 Å². The van der Waals surface area contributed by atoms with E-state index in [9.17, 15) is 13.2 Å². The topological polar surface area (TPSA) is 75.7 Å². The van der Waals surface area contributed by atoms with Gasteiger partial charge in [-0.1, -0.05) is 18.2 Å². The van der Waals surface area contributed by atoms with E-state index in [0.717, 1.165) is 22.9 Å². The highest BCUT2D eigenvalue weighted by molar-refractivity contribution is 7.92. The van der Waals surface area contributed by atoms with E-state index >= 15 is 0 Å². The van der Waals surface area contributed by atoms with E-state index in [-0.39, 0.29) is 10.8 Å². The predicted octanol–water partition coefficient (Wildman–Crippen LogP) is 3.78. The molecule has 0 spiro atoms. The average molecular weight is 396 g/mol. The van der Waals surface area contributed by atoms with Gasteiger partial charge in [-0.25, -0.2) is 8.42 Å². The Morgan fingerprint density at radius 1 is 1.00 bits per heavy atom. The summed E-state index contributed by atoms with van der Waals surface area (Å²) in [5.41, 5.74) is 1.13. The van der Waals surface area contributed by atoms with Crippen LogP contribution in [0, 0.1) is 0 Å². The lowest BCUT2D eigenvalue weighted by Gasteiger charge is -2.17. The van der Waals surface area contributed by atoms with Crippen LogP contribution in [0.4, 0.5) is 11.4 Å². The number of ether oxygens (including phenoxy) is 1. The number of nitrogens with zero attached hydrogens (tertiary/aromatic N) is 1. The van der Waals surface area contributed by atoms with Crippen molar-refractivity contribution in [3.63, 3.8) is 0 Å². The fourth-order valence-corrected chi connectivity index (χ4v) is 4.45. The molecule has 1 fully saturated rings. The average Bonchev–Trinajstić information content (AvgIpc) is 3.13. The van der Waals surface area contributed by atoms with Gasteiger partial charge in [-0.05, 0) is 59.7 Å². The Labute approximate surface area is 163 Å². The second-order valence-electron chi connectivity index (χ2n) is 6.68. The van der Waals surface area contributed by atoms with Crippen LogP contribution >= 0.6 is 0 Å². The first-order valence-corrected chi connectivity index (χ1v) is 10.5. The molecule has 1 amide bonds. The normalized spacial score (nSPS) is 14.5. The summed E-state index contributed by atoms with van der Waals surface area (Å²) in [5, 5.41) is 1.70. The van der Waals surface area contributed by atoms with Crippen molar-refractivity contribution in [3.8, 4) is 5.75 Å². The van der Waals surface area contributed by atoms with E-state index in [0.29, 0.717) is 24.3 Å². The second-order valence-corrected chi connectivity index (χ2v) is 8.36. The molecule has 0 aromatic heterocycles. The van der Waals surface area contributed by atoms with Crippen molar-refractivity contribution in [1.29, 1.82) is 0 Å². The Bertz CT molecular complexity index is 1160. The first-order valence-electron chi connectivity index (χ1n) is 8.97. The van der Waals surface area contributed by atoms with Crippen LogP contribution in [0.5, 0.6) is 5.75 Å². The van der Waals surface area contributed by atoms with E-state index in [2.05, 4.69) is 4.72 Å². The summed E-state index contributed by atoms with van der Waals surface area (Å²) in [7, 11) is -2.17. The van der Waals surface area contributed by atoms with Crippen LogP contribution in [0.1, 0.15) is 12.8 Å². The number of benzene rings is 3. The van der Waals surface area contributed by atoms with Gasteiger partial charge in [0.2, 0.25) is 5.91 Å². The van der Waals surface area contributed by atoms with Crippen molar-refractivity contribution < 1.29 is 17.9 Å². The number of amides is 1. The molecule has 3 aromatic carbocycles. The molecule has 1 heterocycles. The Morgan fingerprint density at radius 2 is 1.79 bits per heavy atom. The number of carbonyl (C=O) groups excluding carboxylic acids is 1. The Hall–Kier alpha value is -3.06. The maximum Gasteiger partial charge on any atom is 0.261 e. The van der Waals surface area contributed by atoms with Gasteiger partial charge in [-0.2, -0.15) is 0 Å². The zero-order valence-corrected chi connectivity index (χ0v) is 16.2. The Kier molecular flexibility index (Phi) is 4.68. The fraction of sp³-hybridized carbons (Fsp3) is 0.190. The molecule has 0 saturated carbocycles. The number of sulfonamides is 1. The number of hydrogen-bond donors (Lipinski definition) is 1. The predicted molar refractivity (Wildman–Crippen MR) is 109 cm³/mol. The van der Waals surface area contributed by atoms with Gasteiger partial charge in [0.15, 0.2) is 0 Å². The molecule has 1 N–H and O–H groups in total. The van der Waals surface area contributed by atoms with E-state index in [4.69, 9.17) is 4.74 Å². The number of anilines is 2. The molecule has 144 valence electrons. The summed E-state index contributed by atoms with van der Waals surface area (Å²) in [6, 6.07) is 17.3. The van der Waals surface area contributed by atoms with Gasteiger partial charge in [0.1, 0.15) is 5.75 Å². The van der Waals surface area contributed by atoms with Gasteiger partial charge >= 0.3 is 0 Å². The van der Waals surface area contributed by atoms with Gasteiger partial charge in [-0.15, -0.1) is 0 Å². The summed E-state index contributed by atoms with van der Waals surface area (Å²) in [6.07, 6.45) is 1.34. The summed E-state index contributed by atoms with van der Waals surface area (Å²) in [4.78, 5) is 13.8. The largest absolute Gasteiger partial charge is 0.497 e. The fourth-order valence-electron chi connectivity index (χ4n) is 3.37. The molecule has 1 aliphatic rings. The monoisotopic (exact) mass is 396 g/mol. The standard InChI is InChI=1S/C21H20N2O4S/c1-27-19-9-7-16-13-20(10-8-15(16)12-19)28(25,26)22-17-4-2-5-18(14-17)23-11-3-6-21(23)24/h2,4-5,7-10,12-14,22H,3,6,11H2,1H3. The molecule has 0 radical (unpaired) electrons. The number of hydrogen-bond acceptors (Lipinski definition) is 4. The summed E-state index contributed by atoms with van der Waals surface area (Å²) >= 11 is 0. The molecule has 0 aliphatic carbocycles. The second kappa shape index (κ2) is 7.16. The minimum Gasteiger partial charge on any atom is -0.497 e. The van der Waals surface area contributed by atoms with E-state index in [1.807, 2.05) is 18.2 Å². The van der Waals surface area contributed by atoms with Crippen molar-refractivity contribution in [3.05, 3.63) is 60.7 Å². The molecular formula is C21H20N2O4S. The summed E-state index contributed by atoms with van der Waals surface area (Å²) < 4.78 is 33.5. The highest BCUT2D eigenvalue weighted by atomic mass is 32.2. The van der Waals surface area contributed by atoms with Crippen LogP contribution in [0.2, 0.25) is 0 Å². The van der Waals surface area contributed by atoms with Crippen LogP contribution < -0.4 is 14.4 Å². The van der Waals surface area contributed by atoms with E-state index in [1.54, 1.807) is 54.5 Å². The third kappa shape index (κ3) is 3.53. The van der Waals surface area contributed by atoms with E-state index in [1.165, 1.54) is 0 Å².